The zero-order valence-electron chi connectivity index (χ0n) is 19.4. The second-order valence-corrected chi connectivity index (χ2v) is 9.22. The third-order valence-corrected chi connectivity index (χ3v) is 6.61. The van der Waals surface area contributed by atoms with Crippen molar-refractivity contribution in [2.75, 3.05) is 0 Å². The maximum absolute atomic E-state index is 12.8. The molecular weight excluding hydrogens is 421 g/mol. The predicted octanol–water partition coefficient (Wildman–Crippen LogP) is 3.08. The van der Waals surface area contributed by atoms with Crippen LogP contribution in [0.3, 0.4) is 0 Å². The van der Waals surface area contributed by atoms with E-state index in [1.807, 2.05) is 27.7 Å². The minimum Gasteiger partial charge on any atom is -0.399 e. The zero-order chi connectivity index (χ0) is 24.1. The molecule has 0 aliphatic carbocycles. The van der Waals surface area contributed by atoms with Crippen LogP contribution in [0.2, 0.25) is 0 Å². The second-order valence-electron chi connectivity index (χ2n) is 9.22. The van der Waals surface area contributed by atoms with Crippen LogP contribution in [0.15, 0.2) is 47.2 Å². The summed E-state index contributed by atoms with van der Waals surface area (Å²) < 4.78 is 12.2. The van der Waals surface area contributed by atoms with Gasteiger partial charge in [0.15, 0.2) is 0 Å². The van der Waals surface area contributed by atoms with Crippen molar-refractivity contribution < 1.29 is 18.9 Å². The molecule has 2 aromatic rings. The lowest BCUT2D eigenvalue weighted by atomic mass is 9.77. The van der Waals surface area contributed by atoms with Crippen molar-refractivity contribution >= 4 is 25.0 Å². The van der Waals surface area contributed by atoms with Crippen LogP contribution in [-0.2, 0) is 15.9 Å². The number of fused-ring (bicyclic) bond motifs is 1. The van der Waals surface area contributed by atoms with Gasteiger partial charge in [-0.2, -0.15) is 5.10 Å². The topological polar surface area (TPSA) is 102 Å². The number of hydrogen-bond donors (Lipinski definition) is 1. The van der Waals surface area contributed by atoms with E-state index in [4.69, 9.17) is 9.31 Å². The first-order valence-corrected chi connectivity index (χ1v) is 10.7. The van der Waals surface area contributed by atoms with E-state index in [1.165, 1.54) is 0 Å². The Bertz CT molecular complexity index is 1210. The molecule has 2 amide bonds. The molecule has 1 N–H and O–H groups in total. The fraction of sp³-hybridized carbons (Fsp3) is 0.333. The van der Waals surface area contributed by atoms with Gasteiger partial charge in [0.05, 0.1) is 34.6 Å². The van der Waals surface area contributed by atoms with E-state index in [0.29, 0.717) is 33.4 Å². The van der Waals surface area contributed by atoms with Crippen molar-refractivity contribution in [2.45, 2.75) is 52.4 Å². The van der Waals surface area contributed by atoms with Gasteiger partial charge in [0, 0.05) is 11.1 Å². The number of nitrogens with one attached hydrogen (secondary N) is 1. The molecule has 0 unspecified atom stereocenters. The molecule has 3 heterocycles. The highest BCUT2D eigenvalue weighted by atomic mass is 16.7. The first-order valence-electron chi connectivity index (χ1n) is 10.7. The SMILES string of the molecule is C=C/C(=C\c1c(CN2C(=O)c3ccccc3C2=O)n[nH]c(=O)c1C)B1OC(C)(C)C(C)(C)O1. The smallest absolute Gasteiger partial charge is 0.399 e. The number of imide groups is 1. The highest BCUT2D eigenvalue weighted by Crippen LogP contribution is 2.39. The monoisotopic (exact) mass is 447 g/mol. The van der Waals surface area contributed by atoms with Crippen LogP contribution in [0.4, 0.5) is 0 Å². The van der Waals surface area contributed by atoms with E-state index >= 15 is 0 Å². The van der Waals surface area contributed by atoms with Crippen molar-refractivity contribution in [3.05, 3.63) is 80.7 Å². The molecule has 0 atom stereocenters. The molecule has 33 heavy (non-hydrogen) atoms. The van der Waals surface area contributed by atoms with Crippen molar-refractivity contribution in [1.29, 1.82) is 0 Å². The number of H-pyrrole nitrogens is 1. The molecule has 1 aromatic heterocycles. The van der Waals surface area contributed by atoms with Gasteiger partial charge in [0.1, 0.15) is 0 Å². The fourth-order valence-corrected chi connectivity index (χ4v) is 3.81. The van der Waals surface area contributed by atoms with Crippen LogP contribution in [0, 0.1) is 6.92 Å². The summed E-state index contributed by atoms with van der Waals surface area (Å²) in [6.45, 7) is 13.2. The number of nitrogens with zero attached hydrogens (tertiary/aromatic N) is 2. The van der Waals surface area contributed by atoms with Crippen LogP contribution in [0.1, 0.15) is 65.2 Å². The number of carbonyl (C=O) groups excluding carboxylic acids is 2. The van der Waals surface area contributed by atoms with E-state index in [1.54, 1.807) is 43.3 Å². The first kappa shape index (κ1) is 22.9. The van der Waals surface area contributed by atoms with Gasteiger partial charge in [0.2, 0.25) is 0 Å². The van der Waals surface area contributed by atoms with Crippen molar-refractivity contribution in [3.8, 4) is 0 Å². The van der Waals surface area contributed by atoms with Gasteiger partial charge in [-0.05, 0) is 52.2 Å². The third kappa shape index (κ3) is 3.77. The lowest BCUT2D eigenvalue weighted by Gasteiger charge is -2.32. The minimum atomic E-state index is -0.696. The summed E-state index contributed by atoms with van der Waals surface area (Å²) in [6.07, 6.45) is 3.33. The molecule has 1 fully saturated rings. The van der Waals surface area contributed by atoms with Crippen molar-refractivity contribution in [2.24, 2.45) is 0 Å². The van der Waals surface area contributed by atoms with Crippen LogP contribution in [0.25, 0.3) is 6.08 Å². The molecule has 4 rings (SSSR count). The van der Waals surface area contributed by atoms with E-state index in [-0.39, 0.29) is 12.1 Å². The normalized spacial score (nSPS) is 19.2. The third-order valence-electron chi connectivity index (χ3n) is 6.61. The van der Waals surface area contributed by atoms with Crippen LogP contribution >= 0.6 is 0 Å². The molecule has 1 saturated heterocycles. The summed E-state index contributed by atoms with van der Waals surface area (Å²) in [7, 11) is -0.696. The average Bonchev–Trinajstić information content (AvgIpc) is 3.13. The Labute approximate surface area is 192 Å². The summed E-state index contributed by atoms with van der Waals surface area (Å²) in [6, 6.07) is 6.67. The van der Waals surface area contributed by atoms with Crippen LogP contribution < -0.4 is 5.56 Å². The maximum Gasteiger partial charge on any atom is 0.494 e. The lowest BCUT2D eigenvalue weighted by molar-refractivity contribution is 0.00578. The Hall–Kier alpha value is -3.30. The lowest BCUT2D eigenvalue weighted by Crippen LogP contribution is -2.41. The van der Waals surface area contributed by atoms with Gasteiger partial charge in [0.25, 0.3) is 17.4 Å². The van der Waals surface area contributed by atoms with Crippen LogP contribution in [-0.4, -0.2) is 45.2 Å². The maximum atomic E-state index is 12.8. The van der Waals surface area contributed by atoms with Gasteiger partial charge in [-0.15, -0.1) is 0 Å². The Kier molecular flexibility index (Phi) is 5.50. The van der Waals surface area contributed by atoms with E-state index in [9.17, 15) is 14.4 Å². The Balaban J connectivity index is 1.73. The molecule has 8 nitrogen and oxygen atoms in total. The molecule has 2 aliphatic rings. The fourth-order valence-electron chi connectivity index (χ4n) is 3.81. The number of carbonyl (C=O) groups is 2. The largest absolute Gasteiger partial charge is 0.494 e. The number of aromatic amines is 1. The molecular formula is C24H26BN3O5. The number of amides is 2. The first-order chi connectivity index (χ1) is 15.5. The summed E-state index contributed by atoms with van der Waals surface area (Å²) in [5.74, 6) is -0.794. The summed E-state index contributed by atoms with van der Waals surface area (Å²) in [4.78, 5) is 39.2. The number of rotatable bonds is 5. The number of aromatic nitrogens is 2. The number of allylic oxidation sites excluding steroid dienone is 2. The van der Waals surface area contributed by atoms with Gasteiger partial charge < -0.3 is 9.31 Å². The number of hydrogen-bond acceptors (Lipinski definition) is 6. The van der Waals surface area contributed by atoms with E-state index in [0.717, 1.165) is 4.90 Å². The van der Waals surface area contributed by atoms with Gasteiger partial charge in [-0.25, -0.2) is 5.10 Å². The molecule has 1 aromatic carbocycles. The number of benzene rings is 1. The molecule has 0 radical (unpaired) electrons. The Morgan fingerprint density at radius 2 is 1.64 bits per heavy atom. The van der Waals surface area contributed by atoms with Gasteiger partial charge in [-0.1, -0.05) is 30.9 Å². The molecule has 0 spiro atoms. The molecule has 9 heteroatoms. The van der Waals surface area contributed by atoms with Gasteiger partial charge >= 0.3 is 7.12 Å². The Morgan fingerprint density at radius 3 is 2.15 bits per heavy atom. The van der Waals surface area contributed by atoms with Crippen molar-refractivity contribution in [1.82, 2.24) is 15.1 Å². The summed E-state index contributed by atoms with van der Waals surface area (Å²) >= 11 is 0. The van der Waals surface area contributed by atoms with E-state index in [2.05, 4.69) is 16.8 Å². The molecule has 0 bridgehead atoms. The molecule has 170 valence electrons. The summed E-state index contributed by atoms with van der Waals surface area (Å²) in [5.41, 5.74) is 1.09. The Morgan fingerprint density at radius 1 is 1.09 bits per heavy atom. The quantitative estimate of drug-likeness (QED) is 0.430. The highest BCUT2D eigenvalue weighted by Gasteiger charge is 2.52. The standard InChI is InChI=1S/C24H26BN3O5/c1-7-15(25-32-23(3,4)24(5,6)33-25)12-18-14(2)20(29)27-26-19(18)13-28-21(30)16-10-8-9-11-17(16)22(28)31/h7-12H,1,13H2,2-6H3,(H,27,29)/b15-12+. The van der Waals surface area contributed by atoms with E-state index < -0.39 is 30.1 Å². The minimum absolute atomic E-state index is 0.0937. The summed E-state index contributed by atoms with van der Waals surface area (Å²) in [5, 5.41) is 6.61. The predicted molar refractivity (Wildman–Crippen MR) is 124 cm³/mol. The molecule has 0 saturated carbocycles. The highest BCUT2D eigenvalue weighted by molar-refractivity contribution is 6.56. The average molecular weight is 447 g/mol. The van der Waals surface area contributed by atoms with Gasteiger partial charge in [-0.3, -0.25) is 19.3 Å². The second kappa shape index (κ2) is 7.93. The van der Waals surface area contributed by atoms with Crippen molar-refractivity contribution in [3.63, 3.8) is 0 Å². The zero-order valence-corrected chi connectivity index (χ0v) is 19.4. The van der Waals surface area contributed by atoms with Crippen LogP contribution in [0.5, 0.6) is 0 Å². The molecule has 2 aliphatic heterocycles.